The highest BCUT2D eigenvalue weighted by molar-refractivity contribution is 5.87. The lowest BCUT2D eigenvalue weighted by Crippen LogP contribution is -2.31. The second-order valence-electron chi connectivity index (χ2n) is 5.19. The SMILES string of the molecule is CNc1nc(N2CCc3ccccc3C2)c2cn[nH]c2n1. The van der Waals surface area contributed by atoms with Gasteiger partial charge in [0.05, 0.1) is 11.6 Å². The fourth-order valence-electron chi connectivity index (χ4n) is 2.85. The van der Waals surface area contributed by atoms with E-state index in [0.717, 1.165) is 36.4 Å². The summed E-state index contributed by atoms with van der Waals surface area (Å²) in [7, 11) is 1.83. The first kappa shape index (κ1) is 12.1. The predicted molar refractivity (Wildman–Crippen MR) is 82.4 cm³/mol. The van der Waals surface area contributed by atoms with E-state index in [0.29, 0.717) is 5.95 Å². The summed E-state index contributed by atoms with van der Waals surface area (Å²) in [4.78, 5) is 11.3. The summed E-state index contributed by atoms with van der Waals surface area (Å²) in [5.74, 6) is 1.55. The summed E-state index contributed by atoms with van der Waals surface area (Å²) in [5, 5.41) is 11.0. The molecular weight excluding hydrogens is 264 g/mol. The molecule has 3 heterocycles. The summed E-state index contributed by atoms with van der Waals surface area (Å²) in [5.41, 5.74) is 3.56. The van der Waals surface area contributed by atoms with E-state index >= 15 is 0 Å². The topological polar surface area (TPSA) is 69.7 Å². The van der Waals surface area contributed by atoms with Crippen molar-refractivity contribution in [1.82, 2.24) is 20.2 Å². The van der Waals surface area contributed by atoms with Gasteiger partial charge in [0, 0.05) is 20.1 Å². The average molecular weight is 280 g/mol. The van der Waals surface area contributed by atoms with Gasteiger partial charge in [-0.2, -0.15) is 15.1 Å². The van der Waals surface area contributed by atoms with E-state index in [4.69, 9.17) is 0 Å². The molecule has 0 fully saturated rings. The molecule has 6 heteroatoms. The molecule has 4 rings (SSSR count). The number of rotatable bonds is 2. The lowest BCUT2D eigenvalue weighted by atomic mass is 10.00. The van der Waals surface area contributed by atoms with Crippen LogP contribution in [0.4, 0.5) is 11.8 Å². The summed E-state index contributed by atoms with van der Waals surface area (Å²) in [6.45, 7) is 1.83. The molecule has 21 heavy (non-hydrogen) atoms. The molecule has 0 amide bonds. The minimum absolute atomic E-state index is 0.612. The van der Waals surface area contributed by atoms with E-state index in [1.165, 1.54) is 11.1 Å². The van der Waals surface area contributed by atoms with Gasteiger partial charge < -0.3 is 10.2 Å². The molecule has 2 N–H and O–H groups in total. The largest absolute Gasteiger partial charge is 0.357 e. The van der Waals surface area contributed by atoms with Crippen LogP contribution in [0.15, 0.2) is 30.5 Å². The second-order valence-corrected chi connectivity index (χ2v) is 5.19. The molecule has 0 saturated carbocycles. The Bertz CT molecular complexity index is 794. The molecule has 106 valence electrons. The van der Waals surface area contributed by atoms with Crippen LogP contribution < -0.4 is 10.2 Å². The van der Waals surface area contributed by atoms with Gasteiger partial charge in [-0.05, 0) is 17.5 Å². The summed E-state index contributed by atoms with van der Waals surface area (Å²) in [6, 6.07) is 8.59. The monoisotopic (exact) mass is 280 g/mol. The van der Waals surface area contributed by atoms with Crippen molar-refractivity contribution in [2.45, 2.75) is 13.0 Å². The second kappa shape index (κ2) is 4.73. The van der Waals surface area contributed by atoms with Crippen molar-refractivity contribution in [2.24, 2.45) is 0 Å². The van der Waals surface area contributed by atoms with Crippen LogP contribution in [0.2, 0.25) is 0 Å². The fourth-order valence-corrected chi connectivity index (χ4v) is 2.85. The zero-order valence-electron chi connectivity index (χ0n) is 11.8. The van der Waals surface area contributed by atoms with E-state index in [1.807, 2.05) is 7.05 Å². The fraction of sp³-hybridized carbons (Fsp3) is 0.267. The Hall–Kier alpha value is -2.63. The predicted octanol–water partition coefficient (Wildman–Crippen LogP) is 1.96. The maximum absolute atomic E-state index is 4.63. The van der Waals surface area contributed by atoms with Crippen LogP contribution in [-0.2, 0) is 13.0 Å². The normalized spacial score (nSPS) is 14.2. The van der Waals surface area contributed by atoms with Gasteiger partial charge in [0.2, 0.25) is 5.95 Å². The average Bonchev–Trinajstić information content (AvgIpc) is 3.01. The Morgan fingerprint density at radius 2 is 2.05 bits per heavy atom. The third kappa shape index (κ3) is 1.99. The van der Waals surface area contributed by atoms with Crippen LogP contribution in [-0.4, -0.2) is 33.8 Å². The van der Waals surface area contributed by atoms with E-state index in [-0.39, 0.29) is 0 Å². The number of benzene rings is 1. The van der Waals surface area contributed by atoms with Gasteiger partial charge in [0.1, 0.15) is 5.82 Å². The number of aromatic nitrogens is 4. The first-order chi connectivity index (χ1) is 10.3. The molecule has 0 bridgehead atoms. The number of hydrogen-bond donors (Lipinski definition) is 2. The molecule has 0 aliphatic carbocycles. The lowest BCUT2D eigenvalue weighted by Gasteiger charge is -2.30. The van der Waals surface area contributed by atoms with E-state index in [1.54, 1.807) is 6.20 Å². The van der Waals surface area contributed by atoms with E-state index in [9.17, 15) is 0 Å². The van der Waals surface area contributed by atoms with Gasteiger partial charge in [-0.15, -0.1) is 0 Å². The molecule has 0 atom stereocenters. The van der Waals surface area contributed by atoms with Crippen molar-refractivity contribution < 1.29 is 0 Å². The Morgan fingerprint density at radius 3 is 2.90 bits per heavy atom. The van der Waals surface area contributed by atoms with E-state index in [2.05, 4.69) is 54.6 Å². The number of nitrogens with zero attached hydrogens (tertiary/aromatic N) is 4. The van der Waals surface area contributed by atoms with Crippen molar-refractivity contribution in [2.75, 3.05) is 23.8 Å². The third-order valence-electron chi connectivity index (χ3n) is 3.94. The van der Waals surface area contributed by atoms with Crippen LogP contribution >= 0.6 is 0 Å². The van der Waals surface area contributed by atoms with Gasteiger partial charge in [-0.25, -0.2) is 0 Å². The van der Waals surface area contributed by atoms with Crippen LogP contribution in [0, 0.1) is 0 Å². The van der Waals surface area contributed by atoms with Crippen LogP contribution in [0.5, 0.6) is 0 Å². The molecule has 1 aromatic carbocycles. The summed E-state index contributed by atoms with van der Waals surface area (Å²) >= 11 is 0. The zero-order chi connectivity index (χ0) is 14.2. The molecule has 2 aromatic heterocycles. The number of fused-ring (bicyclic) bond motifs is 2. The highest BCUT2D eigenvalue weighted by Crippen LogP contribution is 2.28. The Balaban J connectivity index is 1.79. The lowest BCUT2D eigenvalue weighted by molar-refractivity contribution is 0.723. The van der Waals surface area contributed by atoms with Crippen molar-refractivity contribution in [1.29, 1.82) is 0 Å². The third-order valence-corrected chi connectivity index (χ3v) is 3.94. The first-order valence-corrected chi connectivity index (χ1v) is 7.06. The highest BCUT2D eigenvalue weighted by atomic mass is 15.3. The van der Waals surface area contributed by atoms with Crippen molar-refractivity contribution >= 4 is 22.8 Å². The number of H-pyrrole nitrogens is 1. The number of aromatic amines is 1. The van der Waals surface area contributed by atoms with Crippen LogP contribution in [0.1, 0.15) is 11.1 Å². The number of hydrogen-bond acceptors (Lipinski definition) is 5. The van der Waals surface area contributed by atoms with Gasteiger partial charge in [0.25, 0.3) is 0 Å². The summed E-state index contributed by atoms with van der Waals surface area (Å²) < 4.78 is 0. The minimum Gasteiger partial charge on any atom is -0.357 e. The van der Waals surface area contributed by atoms with E-state index < -0.39 is 0 Å². The van der Waals surface area contributed by atoms with Gasteiger partial charge in [-0.1, -0.05) is 24.3 Å². The van der Waals surface area contributed by atoms with Gasteiger partial charge >= 0.3 is 0 Å². The highest BCUT2D eigenvalue weighted by Gasteiger charge is 2.20. The Kier molecular flexibility index (Phi) is 2.73. The molecule has 6 nitrogen and oxygen atoms in total. The van der Waals surface area contributed by atoms with Crippen molar-refractivity contribution in [3.8, 4) is 0 Å². The Morgan fingerprint density at radius 1 is 1.19 bits per heavy atom. The molecule has 0 spiro atoms. The quantitative estimate of drug-likeness (QED) is 0.751. The zero-order valence-corrected chi connectivity index (χ0v) is 11.8. The molecule has 3 aromatic rings. The molecule has 0 saturated heterocycles. The Labute approximate surface area is 122 Å². The van der Waals surface area contributed by atoms with Crippen LogP contribution in [0.25, 0.3) is 11.0 Å². The number of anilines is 2. The maximum Gasteiger partial charge on any atom is 0.226 e. The molecule has 0 unspecified atom stereocenters. The van der Waals surface area contributed by atoms with Crippen molar-refractivity contribution in [3.63, 3.8) is 0 Å². The maximum atomic E-state index is 4.63. The molecule has 1 aliphatic heterocycles. The van der Waals surface area contributed by atoms with Gasteiger partial charge in [0.15, 0.2) is 5.65 Å². The smallest absolute Gasteiger partial charge is 0.226 e. The minimum atomic E-state index is 0.612. The molecule has 1 aliphatic rings. The molecular formula is C15H16N6. The van der Waals surface area contributed by atoms with Gasteiger partial charge in [-0.3, -0.25) is 5.10 Å². The van der Waals surface area contributed by atoms with Crippen molar-refractivity contribution in [3.05, 3.63) is 41.6 Å². The first-order valence-electron chi connectivity index (χ1n) is 7.06. The standard InChI is InChI=1S/C15H16N6/c1-16-15-18-13-12(8-17-20-13)14(19-15)21-7-6-10-4-2-3-5-11(10)9-21/h2-5,8H,6-7,9H2,1H3,(H2,16,17,18,19,20). The number of nitrogens with one attached hydrogen (secondary N) is 2. The van der Waals surface area contributed by atoms with Crippen LogP contribution in [0.3, 0.4) is 0 Å². The summed E-state index contributed by atoms with van der Waals surface area (Å²) in [6.07, 6.45) is 2.83. The molecule has 0 radical (unpaired) electrons.